The second-order valence-electron chi connectivity index (χ2n) is 2.23. The predicted octanol–water partition coefficient (Wildman–Crippen LogP) is 1.76. The molecule has 4 heteroatoms. The van der Waals surface area contributed by atoms with Crippen LogP contribution in [-0.2, 0) is 6.54 Å². The number of ketones is 1. The summed E-state index contributed by atoms with van der Waals surface area (Å²) < 4.78 is 1.73. The van der Waals surface area contributed by atoms with Gasteiger partial charge in [-0.2, -0.15) is 0 Å². The molecule has 0 saturated carbocycles. The van der Waals surface area contributed by atoms with Crippen molar-refractivity contribution < 1.29 is 4.79 Å². The topological polar surface area (TPSA) is 34.9 Å². The Morgan fingerprint density at radius 2 is 2.45 bits per heavy atom. The summed E-state index contributed by atoms with van der Waals surface area (Å²) in [6.07, 6.45) is 1.57. The van der Waals surface area contributed by atoms with Gasteiger partial charge in [0.1, 0.15) is 5.69 Å². The SMILES string of the molecule is CCn1cnc(Cl)c1C(C)=O. The molecule has 0 spiro atoms. The van der Waals surface area contributed by atoms with Gasteiger partial charge in [-0.1, -0.05) is 11.6 Å². The van der Waals surface area contributed by atoms with Crippen LogP contribution in [0.3, 0.4) is 0 Å². The van der Waals surface area contributed by atoms with Crippen molar-refractivity contribution in [2.45, 2.75) is 20.4 Å². The Morgan fingerprint density at radius 3 is 2.82 bits per heavy atom. The molecule has 0 aliphatic heterocycles. The number of Topliss-reactive ketones (excluding diaryl/α,β-unsaturated/α-hetero) is 1. The zero-order valence-electron chi connectivity index (χ0n) is 6.47. The van der Waals surface area contributed by atoms with E-state index in [0.717, 1.165) is 0 Å². The van der Waals surface area contributed by atoms with E-state index in [2.05, 4.69) is 4.98 Å². The molecule has 3 nitrogen and oxygen atoms in total. The molecule has 0 amide bonds. The third-order valence-electron chi connectivity index (χ3n) is 1.47. The molecule has 1 aromatic heterocycles. The van der Waals surface area contributed by atoms with Gasteiger partial charge in [-0.15, -0.1) is 0 Å². The van der Waals surface area contributed by atoms with Gasteiger partial charge in [0.25, 0.3) is 0 Å². The monoisotopic (exact) mass is 172 g/mol. The lowest BCUT2D eigenvalue weighted by Gasteiger charge is -1.99. The third kappa shape index (κ3) is 1.43. The molecule has 0 aliphatic carbocycles. The highest BCUT2D eigenvalue weighted by Gasteiger charge is 2.11. The van der Waals surface area contributed by atoms with Crippen LogP contribution in [0.5, 0.6) is 0 Å². The Hall–Kier alpha value is -0.830. The fourth-order valence-corrected chi connectivity index (χ4v) is 1.23. The molecule has 0 N–H and O–H groups in total. The van der Waals surface area contributed by atoms with Gasteiger partial charge in [-0.3, -0.25) is 4.79 Å². The zero-order chi connectivity index (χ0) is 8.43. The lowest BCUT2D eigenvalue weighted by Crippen LogP contribution is -2.03. The van der Waals surface area contributed by atoms with Gasteiger partial charge in [0, 0.05) is 13.5 Å². The van der Waals surface area contributed by atoms with Crippen molar-refractivity contribution in [1.29, 1.82) is 0 Å². The number of hydrogen-bond donors (Lipinski definition) is 0. The van der Waals surface area contributed by atoms with E-state index in [4.69, 9.17) is 11.6 Å². The molecule has 1 rings (SSSR count). The first kappa shape index (κ1) is 8.27. The first-order valence-corrected chi connectivity index (χ1v) is 3.76. The Morgan fingerprint density at radius 1 is 1.82 bits per heavy atom. The first-order valence-electron chi connectivity index (χ1n) is 3.38. The molecule has 0 bridgehead atoms. The predicted molar refractivity (Wildman–Crippen MR) is 42.9 cm³/mol. The second kappa shape index (κ2) is 3.05. The molecule has 0 saturated heterocycles. The lowest BCUT2D eigenvalue weighted by molar-refractivity contribution is 0.100. The van der Waals surface area contributed by atoms with E-state index in [-0.39, 0.29) is 5.78 Å². The average Bonchev–Trinajstić information content (AvgIpc) is 2.30. The molecule has 0 radical (unpaired) electrons. The van der Waals surface area contributed by atoms with Crippen LogP contribution in [0.25, 0.3) is 0 Å². The largest absolute Gasteiger partial charge is 0.327 e. The van der Waals surface area contributed by atoms with Gasteiger partial charge in [-0.25, -0.2) is 4.98 Å². The number of aryl methyl sites for hydroxylation is 1. The fourth-order valence-electron chi connectivity index (χ4n) is 0.945. The van der Waals surface area contributed by atoms with E-state index < -0.39 is 0 Å². The van der Waals surface area contributed by atoms with Crippen LogP contribution in [0.2, 0.25) is 5.15 Å². The van der Waals surface area contributed by atoms with Crippen LogP contribution in [0.15, 0.2) is 6.33 Å². The maximum absolute atomic E-state index is 11.0. The normalized spacial score (nSPS) is 10.1. The number of carbonyl (C=O) groups is 1. The number of nitrogens with zero attached hydrogens (tertiary/aromatic N) is 2. The van der Waals surface area contributed by atoms with Crippen molar-refractivity contribution in [3.05, 3.63) is 17.2 Å². The van der Waals surface area contributed by atoms with Crippen LogP contribution in [-0.4, -0.2) is 15.3 Å². The molecule has 0 fully saturated rings. The smallest absolute Gasteiger partial charge is 0.179 e. The van der Waals surface area contributed by atoms with Crippen molar-refractivity contribution in [2.75, 3.05) is 0 Å². The Balaban J connectivity index is 3.17. The zero-order valence-corrected chi connectivity index (χ0v) is 7.22. The highest BCUT2D eigenvalue weighted by atomic mass is 35.5. The summed E-state index contributed by atoms with van der Waals surface area (Å²) >= 11 is 5.67. The van der Waals surface area contributed by atoms with Gasteiger partial charge in [-0.05, 0) is 6.92 Å². The number of halogens is 1. The van der Waals surface area contributed by atoms with E-state index >= 15 is 0 Å². The Bertz CT molecular complexity index is 280. The minimum absolute atomic E-state index is 0.0469. The van der Waals surface area contributed by atoms with E-state index in [1.807, 2.05) is 6.92 Å². The van der Waals surface area contributed by atoms with E-state index in [0.29, 0.717) is 17.4 Å². The molecule has 1 aromatic rings. The fraction of sp³-hybridized carbons (Fsp3) is 0.429. The van der Waals surface area contributed by atoms with Crippen LogP contribution in [0.4, 0.5) is 0 Å². The minimum atomic E-state index is -0.0469. The van der Waals surface area contributed by atoms with Crippen LogP contribution < -0.4 is 0 Å². The van der Waals surface area contributed by atoms with Gasteiger partial charge < -0.3 is 4.57 Å². The highest BCUT2D eigenvalue weighted by Crippen LogP contribution is 2.13. The van der Waals surface area contributed by atoms with Crippen molar-refractivity contribution >= 4 is 17.4 Å². The van der Waals surface area contributed by atoms with Crippen molar-refractivity contribution in [3.63, 3.8) is 0 Å². The molecule has 0 unspecified atom stereocenters. The summed E-state index contributed by atoms with van der Waals surface area (Å²) in [6.45, 7) is 4.13. The van der Waals surface area contributed by atoms with Gasteiger partial charge in [0.2, 0.25) is 0 Å². The number of rotatable bonds is 2. The molecular formula is C7H9ClN2O. The standard InChI is InChI=1S/C7H9ClN2O/c1-3-10-4-9-7(8)6(10)5(2)11/h4H,3H2,1-2H3. The highest BCUT2D eigenvalue weighted by molar-refractivity contribution is 6.32. The minimum Gasteiger partial charge on any atom is -0.327 e. The summed E-state index contributed by atoms with van der Waals surface area (Å²) in [5.74, 6) is -0.0469. The molecule has 11 heavy (non-hydrogen) atoms. The molecule has 0 aromatic carbocycles. The van der Waals surface area contributed by atoms with E-state index in [9.17, 15) is 4.79 Å². The Labute approximate surface area is 70.0 Å². The quantitative estimate of drug-likeness (QED) is 0.638. The Kier molecular flexibility index (Phi) is 2.29. The van der Waals surface area contributed by atoms with Crippen LogP contribution in [0.1, 0.15) is 24.3 Å². The van der Waals surface area contributed by atoms with Crippen LogP contribution in [0, 0.1) is 0 Å². The molecular weight excluding hydrogens is 164 g/mol. The summed E-state index contributed by atoms with van der Waals surface area (Å²) in [6, 6.07) is 0. The van der Waals surface area contributed by atoms with Gasteiger partial charge >= 0.3 is 0 Å². The summed E-state index contributed by atoms with van der Waals surface area (Å²) in [4.78, 5) is 14.8. The summed E-state index contributed by atoms with van der Waals surface area (Å²) in [5, 5.41) is 0.291. The van der Waals surface area contributed by atoms with Crippen molar-refractivity contribution in [2.24, 2.45) is 0 Å². The molecule has 1 heterocycles. The van der Waals surface area contributed by atoms with E-state index in [1.165, 1.54) is 6.92 Å². The van der Waals surface area contributed by atoms with Crippen LogP contribution >= 0.6 is 11.6 Å². The third-order valence-corrected chi connectivity index (χ3v) is 1.74. The first-order chi connectivity index (χ1) is 5.16. The molecule has 0 aliphatic rings. The van der Waals surface area contributed by atoms with Gasteiger partial charge in [0.05, 0.1) is 6.33 Å². The number of aromatic nitrogens is 2. The number of imidazole rings is 1. The van der Waals surface area contributed by atoms with E-state index in [1.54, 1.807) is 10.9 Å². The second-order valence-corrected chi connectivity index (χ2v) is 2.58. The number of hydrogen-bond acceptors (Lipinski definition) is 2. The number of carbonyl (C=O) groups excluding carboxylic acids is 1. The molecule has 60 valence electrons. The van der Waals surface area contributed by atoms with Crippen molar-refractivity contribution in [1.82, 2.24) is 9.55 Å². The maximum Gasteiger partial charge on any atom is 0.179 e. The van der Waals surface area contributed by atoms with Crippen molar-refractivity contribution in [3.8, 4) is 0 Å². The van der Waals surface area contributed by atoms with Gasteiger partial charge in [0.15, 0.2) is 10.9 Å². The summed E-state index contributed by atoms with van der Waals surface area (Å²) in [7, 11) is 0. The maximum atomic E-state index is 11.0. The lowest BCUT2D eigenvalue weighted by atomic mass is 10.3. The summed E-state index contributed by atoms with van der Waals surface area (Å²) in [5.41, 5.74) is 0.495. The average molecular weight is 173 g/mol. The molecule has 0 atom stereocenters.